The smallest absolute Gasteiger partial charge is 0.0994 e. The van der Waals surface area contributed by atoms with Gasteiger partial charge in [-0.15, -0.1) is 0 Å². The van der Waals surface area contributed by atoms with Crippen LogP contribution in [0.15, 0.2) is 36.8 Å². The normalized spacial score (nSPS) is 12.7. The Kier molecular flexibility index (Phi) is 3.06. The Bertz CT molecular complexity index is 472. The number of hydrogen-bond acceptors (Lipinski definition) is 2. The van der Waals surface area contributed by atoms with Gasteiger partial charge in [-0.05, 0) is 25.0 Å². The molecule has 0 aliphatic heterocycles. The Morgan fingerprint density at radius 2 is 2.12 bits per heavy atom. The maximum Gasteiger partial charge on any atom is 0.0994 e. The lowest BCUT2D eigenvalue weighted by molar-refractivity contribution is 0.749. The maximum atomic E-state index is 5.93. The Morgan fingerprint density at radius 1 is 1.38 bits per heavy atom. The van der Waals surface area contributed by atoms with Gasteiger partial charge in [0.05, 0.1) is 23.9 Å². The fourth-order valence-corrected chi connectivity index (χ4v) is 1.89. The molecule has 2 rings (SSSR count). The summed E-state index contributed by atoms with van der Waals surface area (Å²) < 4.78 is 2.07. The van der Waals surface area contributed by atoms with Gasteiger partial charge in [0.15, 0.2) is 0 Å². The van der Waals surface area contributed by atoms with E-state index < -0.39 is 0 Å². The minimum absolute atomic E-state index is 0.00703. The van der Waals surface area contributed by atoms with Crippen LogP contribution >= 0.6 is 0 Å². The molecule has 1 unspecified atom stereocenters. The number of hydrogen-bond donors (Lipinski definition) is 1. The van der Waals surface area contributed by atoms with Crippen molar-refractivity contribution in [3.8, 4) is 5.69 Å². The van der Waals surface area contributed by atoms with E-state index >= 15 is 0 Å². The minimum atomic E-state index is -0.00703. The largest absolute Gasteiger partial charge is 0.323 e. The van der Waals surface area contributed by atoms with E-state index in [1.165, 1.54) is 11.3 Å². The SMILES string of the molecule is CCc1ccccc1-n1cncc1C(C)N. The maximum absolute atomic E-state index is 5.93. The molecule has 84 valence electrons. The van der Waals surface area contributed by atoms with Gasteiger partial charge >= 0.3 is 0 Å². The molecule has 3 nitrogen and oxygen atoms in total. The van der Waals surface area contributed by atoms with E-state index in [-0.39, 0.29) is 6.04 Å². The van der Waals surface area contributed by atoms with Gasteiger partial charge in [0.25, 0.3) is 0 Å². The van der Waals surface area contributed by atoms with Crippen molar-refractivity contribution in [1.82, 2.24) is 9.55 Å². The van der Waals surface area contributed by atoms with E-state index in [4.69, 9.17) is 5.73 Å². The molecule has 16 heavy (non-hydrogen) atoms. The van der Waals surface area contributed by atoms with Crippen LogP contribution in [0.5, 0.6) is 0 Å². The van der Waals surface area contributed by atoms with Crippen LogP contribution in [0, 0.1) is 0 Å². The summed E-state index contributed by atoms with van der Waals surface area (Å²) in [5.74, 6) is 0. The fourth-order valence-electron chi connectivity index (χ4n) is 1.89. The second-order valence-corrected chi connectivity index (χ2v) is 3.96. The van der Waals surface area contributed by atoms with Crippen LogP contribution < -0.4 is 5.73 Å². The van der Waals surface area contributed by atoms with Gasteiger partial charge in [0, 0.05) is 6.04 Å². The quantitative estimate of drug-likeness (QED) is 0.854. The van der Waals surface area contributed by atoms with E-state index in [0.717, 1.165) is 12.1 Å². The molecule has 1 heterocycles. The molecule has 2 aromatic rings. The van der Waals surface area contributed by atoms with Gasteiger partial charge in [0.1, 0.15) is 0 Å². The average Bonchev–Trinajstić information content (AvgIpc) is 2.77. The van der Waals surface area contributed by atoms with Crippen LogP contribution in [-0.4, -0.2) is 9.55 Å². The summed E-state index contributed by atoms with van der Waals surface area (Å²) in [6.07, 6.45) is 4.66. The summed E-state index contributed by atoms with van der Waals surface area (Å²) in [5, 5.41) is 0. The molecule has 0 bridgehead atoms. The lowest BCUT2D eigenvalue weighted by Crippen LogP contribution is -2.11. The number of aromatic nitrogens is 2. The molecule has 0 saturated carbocycles. The number of benzene rings is 1. The third-order valence-electron chi connectivity index (χ3n) is 2.77. The molecular weight excluding hydrogens is 198 g/mol. The standard InChI is InChI=1S/C13H17N3/c1-3-11-6-4-5-7-12(11)16-9-15-8-13(16)10(2)14/h4-10H,3,14H2,1-2H3. The van der Waals surface area contributed by atoms with E-state index in [1.54, 1.807) is 0 Å². The first-order valence-corrected chi connectivity index (χ1v) is 5.60. The average molecular weight is 215 g/mol. The Morgan fingerprint density at radius 3 is 2.81 bits per heavy atom. The van der Waals surface area contributed by atoms with Crippen LogP contribution in [0.25, 0.3) is 5.69 Å². The van der Waals surface area contributed by atoms with Crippen LogP contribution in [0.2, 0.25) is 0 Å². The predicted molar refractivity (Wildman–Crippen MR) is 65.5 cm³/mol. The molecule has 0 aliphatic carbocycles. The van der Waals surface area contributed by atoms with Crippen molar-refractivity contribution in [3.63, 3.8) is 0 Å². The minimum Gasteiger partial charge on any atom is -0.323 e. The van der Waals surface area contributed by atoms with E-state index in [0.29, 0.717) is 0 Å². The Hall–Kier alpha value is -1.61. The first-order valence-electron chi connectivity index (χ1n) is 5.60. The zero-order chi connectivity index (χ0) is 11.5. The van der Waals surface area contributed by atoms with Gasteiger partial charge in [-0.3, -0.25) is 0 Å². The van der Waals surface area contributed by atoms with Crippen LogP contribution in [0.4, 0.5) is 0 Å². The summed E-state index contributed by atoms with van der Waals surface area (Å²) in [5.41, 5.74) is 9.45. The first-order chi connectivity index (χ1) is 7.74. The second-order valence-electron chi connectivity index (χ2n) is 3.96. The van der Waals surface area contributed by atoms with Gasteiger partial charge in [-0.2, -0.15) is 0 Å². The molecule has 0 amide bonds. The highest BCUT2D eigenvalue weighted by molar-refractivity contribution is 5.42. The number of imidazole rings is 1. The zero-order valence-corrected chi connectivity index (χ0v) is 9.72. The molecule has 0 aliphatic rings. The van der Waals surface area contributed by atoms with E-state index in [2.05, 4.69) is 34.7 Å². The molecule has 0 saturated heterocycles. The van der Waals surface area contributed by atoms with Gasteiger partial charge in [0.2, 0.25) is 0 Å². The van der Waals surface area contributed by atoms with E-state index in [9.17, 15) is 0 Å². The van der Waals surface area contributed by atoms with Crippen molar-refractivity contribution < 1.29 is 0 Å². The summed E-state index contributed by atoms with van der Waals surface area (Å²) in [4.78, 5) is 4.18. The molecule has 3 heteroatoms. The molecule has 1 aromatic carbocycles. The number of aryl methyl sites for hydroxylation is 1. The molecule has 0 fully saturated rings. The van der Waals surface area contributed by atoms with Crippen LogP contribution in [0.1, 0.15) is 31.1 Å². The molecular formula is C13H17N3. The van der Waals surface area contributed by atoms with Crippen LogP contribution in [-0.2, 0) is 6.42 Å². The molecule has 1 atom stereocenters. The number of nitrogens with zero attached hydrogens (tertiary/aromatic N) is 2. The third kappa shape index (κ3) is 1.86. The highest BCUT2D eigenvalue weighted by Crippen LogP contribution is 2.19. The number of rotatable bonds is 3. The van der Waals surface area contributed by atoms with Crippen molar-refractivity contribution >= 4 is 0 Å². The highest BCUT2D eigenvalue weighted by atomic mass is 15.1. The zero-order valence-electron chi connectivity index (χ0n) is 9.72. The monoisotopic (exact) mass is 215 g/mol. The molecule has 0 radical (unpaired) electrons. The van der Waals surface area contributed by atoms with Crippen molar-refractivity contribution in [2.45, 2.75) is 26.3 Å². The lowest BCUT2D eigenvalue weighted by Gasteiger charge is -2.13. The molecule has 2 N–H and O–H groups in total. The lowest BCUT2D eigenvalue weighted by atomic mass is 10.1. The number of nitrogens with two attached hydrogens (primary N) is 1. The second kappa shape index (κ2) is 4.49. The summed E-state index contributed by atoms with van der Waals surface area (Å²) in [6.45, 7) is 4.13. The van der Waals surface area contributed by atoms with Crippen LogP contribution in [0.3, 0.4) is 0 Å². The van der Waals surface area contributed by atoms with Crippen molar-refractivity contribution in [2.75, 3.05) is 0 Å². The Balaban J connectivity index is 2.54. The summed E-state index contributed by atoms with van der Waals surface area (Å²) >= 11 is 0. The van der Waals surface area contributed by atoms with E-state index in [1.807, 2.05) is 25.5 Å². The van der Waals surface area contributed by atoms with Crippen molar-refractivity contribution in [3.05, 3.63) is 48.0 Å². The number of para-hydroxylation sites is 1. The predicted octanol–water partition coefficient (Wildman–Crippen LogP) is 2.45. The highest BCUT2D eigenvalue weighted by Gasteiger charge is 2.10. The summed E-state index contributed by atoms with van der Waals surface area (Å²) in [6, 6.07) is 8.34. The third-order valence-corrected chi connectivity index (χ3v) is 2.77. The van der Waals surface area contributed by atoms with Gasteiger partial charge in [-0.25, -0.2) is 4.98 Å². The first kappa shape index (κ1) is 10.9. The van der Waals surface area contributed by atoms with Crippen molar-refractivity contribution in [2.24, 2.45) is 5.73 Å². The van der Waals surface area contributed by atoms with Gasteiger partial charge in [-0.1, -0.05) is 25.1 Å². The topological polar surface area (TPSA) is 43.8 Å². The Labute approximate surface area is 95.9 Å². The molecule has 1 aromatic heterocycles. The fraction of sp³-hybridized carbons (Fsp3) is 0.308. The van der Waals surface area contributed by atoms with Crippen molar-refractivity contribution in [1.29, 1.82) is 0 Å². The molecule has 0 spiro atoms. The van der Waals surface area contributed by atoms with Gasteiger partial charge < -0.3 is 10.3 Å². The summed E-state index contributed by atoms with van der Waals surface area (Å²) in [7, 11) is 0.